The number of hydrogen-bond acceptors (Lipinski definition) is 0. The van der Waals surface area contributed by atoms with Gasteiger partial charge in [0.2, 0.25) is 0 Å². The summed E-state index contributed by atoms with van der Waals surface area (Å²) in [5.41, 5.74) is 0.827. The Bertz CT molecular complexity index is 616. The van der Waals surface area contributed by atoms with E-state index in [4.69, 9.17) is 0 Å². The third-order valence-corrected chi connectivity index (χ3v) is 8.62. The molecule has 0 aliphatic heterocycles. The van der Waals surface area contributed by atoms with Crippen molar-refractivity contribution < 1.29 is 0 Å². The molecule has 0 bridgehead atoms. The standard InChI is InChI=1S/C26H38/c1-17-15-18(16-23(17)25(2,3)4)26(5,6)24-21-13-9-7-11-19(21)20-12-8-10-14-22(20)24/h7-14,17-24H,15-16H2,1-6H3/t17-,18?,19?,20?,21?,22?,23+,24?/m1/s1. The number of hydrogen-bond donors (Lipinski definition) is 0. The van der Waals surface area contributed by atoms with Crippen LogP contribution < -0.4 is 0 Å². The zero-order valence-corrected chi connectivity index (χ0v) is 17.7. The molecule has 142 valence electrons. The lowest BCUT2D eigenvalue weighted by Crippen LogP contribution is -2.38. The van der Waals surface area contributed by atoms with Crippen LogP contribution in [-0.4, -0.2) is 0 Å². The predicted molar refractivity (Wildman–Crippen MR) is 113 cm³/mol. The van der Waals surface area contributed by atoms with E-state index in [1.54, 1.807) is 0 Å². The summed E-state index contributed by atoms with van der Waals surface area (Å²) in [6.07, 6.45) is 22.1. The lowest BCUT2D eigenvalue weighted by molar-refractivity contribution is 0.0680. The van der Waals surface area contributed by atoms with Crippen LogP contribution in [0.15, 0.2) is 48.6 Å². The third-order valence-electron chi connectivity index (χ3n) is 8.62. The largest absolute Gasteiger partial charge is 0.0805 e. The molecule has 0 amide bonds. The van der Waals surface area contributed by atoms with E-state index in [1.807, 2.05) is 0 Å². The lowest BCUT2D eigenvalue weighted by Gasteiger charge is -2.44. The van der Waals surface area contributed by atoms with Crippen LogP contribution in [0.2, 0.25) is 0 Å². The molecule has 0 spiro atoms. The second kappa shape index (κ2) is 6.25. The average Bonchev–Trinajstić information content (AvgIpc) is 3.13. The SMILES string of the molecule is C[C@@H]1CC(C(C)(C)C2C3C=CC=CC3C3C=CC=CC32)C[C@@H]1C(C)(C)C. The first-order valence-electron chi connectivity index (χ1n) is 10.9. The maximum atomic E-state index is 2.61. The van der Waals surface area contributed by atoms with E-state index in [1.165, 1.54) is 12.8 Å². The highest BCUT2D eigenvalue weighted by Gasteiger charge is 2.56. The van der Waals surface area contributed by atoms with Crippen LogP contribution in [0.4, 0.5) is 0 Å². The quantitative estimate of drug-likeness (QED) is 0.499. The summed E-state index contributed by atoms with van der Waals surface area (Å²) in [5.74, 6) is 6.16. The molecular weight excluding hydrogens is 312 g/mol. The van der Waals surface area contributed by atoms with E-state index in [9.17, 15) is 0 Å². The van der Waals surface area contributed by atoms with Gasteiger partial charge in [0.1, 0.15) is 0 Å². The molecule has 0 nitrogen and oxygen atoms in total. The van der Waals surface area contributed by atoms with E-state index in [-0.39, 0.29) is 0 Å². The fraction of sp³-hybridized carbons (Fsp3) is 0.692. The lowest BCUT2D eigenvalue weighted by atomic mass is 9.61. The third kappa shape index (κ3) is 2.79. The fourth-order valence-corrected chi connectivity index (χ4v) is 7.35. The van der Waals surface area contributed by atoms with Gasteiger partial charge in [-0.25, -0.2) is 0 Å². The molecule has 2 fully saturated rings. The summed E-state index contributed by atoms with van der Waals surface area (Å²) in [4.78, 5) is 0. The van der Waals surface area contributed by atoms with Crippen LogP contribution in [0.25, 0.3) is 0 Å². The van der Waals surface area contributed by atoms with Gasteiger partial charge in [-0.05, 0) is 71.0 Å². The normalized spacial score (nSPS) is 44.4. The van der Waals surface area contributed by atoms with Gasteiger partial charge >= 0.3 is 0 Å². The van der Waals surface area contributed by atoms with Crippen molar-refractivity contribution in [3.05, 3.63) is 48.6 Å². The highest BCUT2D eigenvalue weighted by atomic mass is 14.6. The van der Waals surface area contributed by atoms with E-state index >= 15 is 0 Å². The minimum absolute atomic E-state index is 0.391. The van der Waals surface area contributed by atoms with Crippen LogP contribution in [-0.2, 0) is 0 Å². The Labute approximate surface area is 161 Å². The van der Waals surface area contributed by atoms with Crippen molar-refractivity contribution in [1.29, 1.82) is 0 Å². The van der Waals surface area contributed by atoms with E-state index in [0.717, 1.165) is 23.7 Å². The van der Waals surface area contributed by atoms with Crippen LogP contribution in [0, 0.1) is 58.2 Å². The Morgan fingerprint density at radius 3 is 1.54 bits per heavy atom. The zero-order chi connectivity index (χ0) is 18.7. The summed E-state index contributed by atoms with van der Waals surface area (Å²) in [6.45, 7) is 15.1. The molecule has 26 heavy (non-hydrogen) atoms. The number of rotatable bonds is 2. The first-order chi connectivity index (χ1) is 12.2. The minimum atomic E-state index is 0.391. The van der Waals surface area contributed by atoms with Crippen molar-refractivity contribution in [2.45, 2.75) is 54.4 Å². The molecule has 0 saturated heterocycles. The maximum absolute atomic E-state index is 2.61. The molecule has 0 N–H and O–H groups in total. The molecule has 0 aromatic rings. The Morgan fingerprint density at radius 2 is 1.12 bits per heavy atom. The molecule has 0 heteroatoms. The van der Waals surface area contributed by atoms with Gasteiger partial charge < -0.3 is 0 Å². The highest BCUT2D eigenvalue weighted by Crippen LogP contribution is 2.62. The van der Waals surface area contributed by atoms with Crippen LogP contribution >= 0.6 is 0 Å². The molecule has 5 unspecified atom stereocenters. The number of allylic oxidation sites excluding steroid dienone is 8. The van der Waals surface area contributed by atoms with Crippen molar-refractivity contribution in [1.82, 2.24) is 0 Å². The first kappa shape index (κ1) is 18.3. The first-order valence-corrected chi connectivity index (χ1v) is 10.9. The molecule has 4 aliphatic carbocycles. The van der Waals surface area contributed by atoms with Crippen molar-refractivity contribution >= 4 is 0 Å². The summed E-state index contributed by atoms with van der Waals surface area (Å²) in [5, 5.41) is 0. The maximum Gasteiger partial charge on any atom is -0.00954 e. The highest BCUT2D eigenvalue weighted by molar-refractivity contribution is 5.29. The summed E-state index contributed by atoms with van der Waals surface area (Å²) in [6, 6.07) is 0. The fourth-order valence-electron chi connectivity index (χ4n) is 7.35. The Morgan fingerprint density at radius 1 is 0.654 bits per heavy atom. The smallest absolute Gasteiger partial charge is 0.00954 e. The molecular formula is C26H38. The molecule has 0 heterocycles. The molecule has 0 aromatic carbocycles. The van der Waals surface area contributed by atoms with Crippen molar-refractivity contribution in [3.63, 3.8) is 0 Å². The monoisotopic (exact) mass is 350 g/mol. The van der Waals surface area contributed by atoms with Crippen LogP contribution in [0.5, 0.6) is 0 Å². The second-order valence-corrected chi connectivity index (χ2v) is 11.3. The number of fused-ring (bicyclic) bond motifs is 3. The van der Waals surface area contributed by atoms with Gasteiger partial charge in [0.15, 0.2) is 0 Å². The second-order valence-electron chi connectivity index (χ2n) is 11.3. The Kier molecular flexibility index (Phi) is 4.41. The van der Waals surface area contributed by atoms with Gasteiger partial charge in [-0.3, -0.25) is 0 Å². The van der Waals surface area contributed by atoms with Crippen LogP contribution in [0.1, 0.15) is 54.4 Å². The topological polar surface area (TPSA) is 0 Å². The minimum Gasteiger partial charge on any atom is -0.0805 e. The van der Waals surface area contributed by atoms with Gasteiger partial charge in [-0.2, -0.15) is 0 Å². The van der Waals surface area contributed by atoms with E-state index < -0.39 is 0 Å². The van der Waals surface area contributed by atoms with Gasteiger partial charge in [0.05, 0.1) is 0 Å². The van der Waals surface area contributed by atoms with Crippen molar-refractivity contribution in [2.75, 3.05) is 0 Å². The van der Waals surface area contributed by atoms with Crippen LogP contribution in [0.3, 0.4) is 0 Å². The molecule has 4 aliphatic rings. The summed E-state index contributed by atoms with van der Waals surface area (Å²) in [7, 11) is 0. The molecule has 0 radical (unpaired) electrons. The molecule has 7 atom stereocenters. The zero-order valence-electron chi connectivity index (χ0n) is 17.7. The molecule has 0 aromatic heterocycles. The van der Waals surface area contributed by atoms with E-state index in [0.29, 0.717) is 34.5 Å². The molecule has 2 saturated carbocycles. The van der Waals surface area contributed by atoms with Gasteiger partial charge in [0.25, 0.3) is 0 Å². The molecule has 4 rings (SSSR count). The van der Waals surface area contributed by atoms with Crippen molar-refractivity contribution in [3.8, 4) is 0 Å². The van der Waals surface area contributed by atoms with Gasteiger partial charge in [-0.1, -0.05) is 90.2 Å². The Hall–Kier alpha value is -1.04. The summed E-state index contributed by atoms with van der Waals surface area (Å²) >= 11 is 0. The van der Waals surface area contributed by atoms with Gasteiger partial charge in [-0.15, -0.1) is 0 Å². The van der Waals surface area contributed by atoms with Gasteiger partial charge in [0, 0.05) is 0 Å². The Balaban J connectivity index is 1.65. The predicted octanol–water partition coefficient (Wildman–Crippen LogP) is 7.07. The van der Waals surface area contributed by atoms with Crippen molar-refractivity contribution in [2.24, 2.45) is 58.2 Å². The summed E-state index contributed by atoms with van der Waals surface area (Å²) < 4.78 is 0. The van der Waals surface area contributed by atoms with E-state index in [2.05, 4.69) is 90.2 Å². The average molecular weight is 351 g/mol.